The molecule has 0 N–H and O–H groups in total. The second-order valence-corrected chi connectivity index (χ2v) is 9.76. The SMILES string of the molecule is CCOC(=O)Cc1nc(C)ccc1CN1CCCC12CCN(C(=O)OC(C)(C)C)CC2. The van der Waals surface area contributed by atoms with Gasteiger partial charge in [-0.2, -0.15) is 0 Å². The van der Waals surface area contributed by atoms with Crippen LogP contribution in [0.25, 0.3) is 0 Å². The van der Waals surface area contributed by atoms with Crippen molar-refractivity contribution in [2.24, 2.45) is 0 Å². The molecular weight excluding hydrogens is 394 g/mol. The Morgan fingerprint density at radius 2 is 1.84 bits per heavy atom. The monoisotopic (exact) mass is 431 g/mol. The van der Waals surface area contributed by atoms with Crippen molar-refractivity contribution in [3.05, 3.63) is 29.1 Å². The Bertz CT molecular complexity index is 795. The first-order valence-electron chi connectivity index (χ1n) is 11.5. The first-order valence-corrected chi connectivity index (χ1v) is 11.5. The molecule has 0 atom stereocenters. The molecule has 0 bridgehead atoms. The number of amides is 1. The number of hydrogen-bond acceptors (Lipinski definition) is 6. The topological polar surface area (TPSA) is 72.0 Å². The van der Waals surface area contributed by atoms with E-state index in [2.05, 4.69) is 16.0 Å². The summed E-state index contributed by atoms with van der Waals surface area (Å²) in [5, 5.41) is 0. The summed E-state index contributed by atoms with van der Waals surface area (Å²) in [7, 11) is 0. The van der Waals surface area contributed by atoms with E-state index in [-0.39, 0.29) is 24.0 Å². The van der Waals surface area contributed by atoms with Crippen molar-refractivity contribution in [1.29, 1.82) is 0 Å². The summed E-state index contributed by atoms with van der Waals surface area (Å²) in [5.41, 5.74) is 2.44. The summed E-state index contributed by atoms with van der Waals surface area (Å²) >= 11 is 0. The summed E-state index contributed by atoms with van der Waals surface area (Å²) in [5.74, 6) is -0.233. The minimum Gasteiger partial charge on any atom is -0.466 e. The molecule has 7 nitrogen and oxygen atoms in total. The molecule has 0 aliphatic carbocycles. The van der Waals surface area contributed by atoms with Crippen LogP contribution in [0.1, 0.15) is 70.3 Å². The molecule has 7 heteroatoms. The Kier molecular flexibility index (Phi) is 7.24. The number of aromatic nitrogens is 1. The van der Waals surface area contributed by atoms with Gasteiger partial charge in [-0.25, -0.2) is 4.79 Å². The van der Waals surface area contributed by atoms with Gasteiger partial charge in [-0.05, 0) is 78.5 Å². The molecule has 2 fully saturated rings. The molecule has 1 aromatic heterocycles. The fourth-order valence-corrected chi connectivity index (χ4v) is 4.73. The van der Waals surface area contributed by atoms with Gasteiger partial charge in [0.2, 0.25) is 0 Å². The number of likely N-dealkylation sites (tertiary alicyclic amines) is 2. The number of carbonyl (C=O) groups is 2. The molecule has 1 aromatic rings. The van der Waals surface area contributed by atoms with Crippen LogP contribution in [0.4, 0.5) is 4.79 Å². The van der Waals surface area contributed by atoms with Crippen LogP contribution in [-0.4, -0.2) is 64.2 Å². The van der Waals surface area contributed by atoms with Gasteiger partial charge in [0, 0.05) is 30.9 Å². The molecule has 2 aliphatic rings. The number of pyridine rings is 1. The maximum absolute atomic E-state index is 12.5. The van der Waals surface area contributed by atoms with Crippen molar-refractivity contribution in [3.8, 4) is 0 Å². The van der Waals surface area contributed by atoms with Crippen LogP contribution in [0.3, 0.4) is 0 Å². The number of nitrogens with zero attached hydrogens (tertiary/aromatic N) is 3. The van der Waals surface area contributed by atoms with Gasteiger partial charge in [-0.15, -0.1) is 0 Å². The summed E-state index contributed by atoms with van der Waals surface area (Å²) in [4.78, 5) is 33.6. The van der Waals surface area contributed by atoms with E-state index in [0.717, 1.165) is 55.7 Å². The summed E-state index contributed by atoms with van der Waals surface area (Å²) in [6.07, 6.45) is 4.17. The standard InChI is InChI=1S/C24H37N3O4/c1-6-30-21(28)16-20-19(9-8-18(2)25-20)17-27-13-7-10-24(27)11-14-26(15-12-24)22(29)31-23(3,4)5/h8-9H,6-7,10-17H2,1-5H3. The highest BCUT2D eigenvalue weighted by Crippen LogP contribution is 2.39. The van der Waals surface area contributed by atoms with Crippen molar-refractivity contribution >= 4 is 12.1 Å². The first-order chi connectivity index (χ1) is 14.6. The largest absolute Gasteiger partial charge is 0.466 e. The van der Waals surface area contributed by atoms with Crippen molar-refractivity contribution in [2.75, 3.05) is 26.2 Å². The quantitative estimate of drug-likeness (QED) is 0.659. The maximum atomic E-state index is 12.5. The van der Waals surface area contributed by atoms with Crippen LogP contribution < -0.4 is 0 Å². The van der Waals surface area contributed by atoms with Gasteiger partial charge in [0.05, 0.1) is 18.7 Å². The minimum absolute atomic E-state index is 0.102. The molecule has 2 aliphatic heterocycles. The Labute approximate surface area is 186 Å². The Morgan fingerprint density at radius 1 is 1.13 bits per heavy atom. The second-order valence-electron chi connectivity index (χ2n) is 9.76. The van der Waals surface area contributed by atoms with E-state index in [1.54, 1.807) is 0 Å². The molecule has 2 saturated heterocycles. The third-order valence-corrected chi connectivity index (χ3v) is 6.27. The highest BCUT2D eigenvalue weighted by atomic mass is 16.6. The van der Waals surface area contributed by atoms with E-state index in [1.165, 1.54) is 0 Å². The number of hydrogen-bond donors (Lipinski definition) is 0. The van der Waals surface area contributed by atoms with Gasteiger partial charge < -0.3 is 14.4 Å². The van der Waals surface area contributed by atoms with Crippen molar-refractivity contribution in [3.63, 3.8) is 0 Å². The average Bonchev–Trinajstić information content (AvgIpc) is 3.05. The van der Waals surface area contributed by atoms with E-state index in [0.29, 0.717) is 19.7 Å². The molecule has 31 heavy (non-hydrogen) atoms. The zero-order valence-electron chi connectivity index (χ0n) is 19.7. The Hall–Kier alpha value is -2.15. The number of piperidine rings is 1. The molecule has 3 rings (SSSR count). The van der Waals surface area contributed by atoms with E-state index >= 15 is 0 Å². The predicted molar refractivity (Wildman–Crippen MR) is 119 cm³/mol. The van der Waals surface area contributed by atoms with E-state index in [4.69, 9.17) is 9.47 Å². The van der Waals surface area contributed by atoms with Crippen LogP contribution in [0.15, 0.2) is 12.1 Å². The summed E-state index contributed by atoms with van der Waals surface area (Å²) < 4.78 is 10.7. The van der Waals surface area contributed by atoms with E-state index < -0.39 is 5.60 Å². The molecule has 1 amide bonds. The molecule has 1 spiro atoms. The van der Waals surface area contributed by atoms with Gasteiger partial charge in [0.1, 0.15) is 5.60 Å². The fourth-order valence-electron chi connectivity index (χ4n) is 4.73. The average molecular weight is 432 g/mol. The Morgan fingerprint density at radius 3 is 2.48 bits per heavy atom. The third-order valence-electron chi connectivity index (χ3n) is 6.27. The predicted octanol–water partition coefficient (Wildman–Crippen LogP) is 3.86. The smallest absolute Gasteiger partial charge is 0.410 e. The molecule has 0 unspecified atom stereocenters. The van der Waals surface area contributed by atoms with Gasteiger partial charge in [-0.3, -0.25) is 14.7 Å². The third kappa shape index (κ3) is 5.97. The van der Waals surface area contributed by atoms with Crippen molar-refractivity contribution in [1.82, 2.24) is 14.8 Å². The Balaban J connectivity index is 1.68. The molecule has 0 saturated carbocycles. The minimum atomic E-state index is -0.473. The van der Waals surface area contributed by atoms with Crippen LogP contribution in [0, 0.1) is 6.92 Å². The lowest BCUT2D eigenvalue weighted by molar-refractivity contribution is -0.142. The van der Waals surface area contributed by atoms with Crippen molar-refractivity contribution < 1.29 is 19.1 Å². The van der Waals surface area contributed by atoms with Gasteiger partial charge in [-0.1, -0.05) is 6.07 Å². The lowest BCUT2D eigenvalue weighted by atomic mass is 9.84. The van der Waals surface area contributed by atoms with E-state index in [9.17, 15) is 9.59 Å². The highest BCUT2D eigenvalue weighted by Gasteiger charge is 2.44. The molecule has 0 radical (unpaired) electrons. The van der Waals surface area contributed by atoms with Crippen LogP contribution >= 0.6 is 0 Å². The fraction of sp³-hybridized carbons (Fsp3) is 0.708. The van der Waals surface area contributed by atoms with Crippen LogP contribution in [-0.2, 0) is 27.2 Å². The molecule has 0 aromatic carbocycles. The van der Waals surface area contributed by atoms with Gasteiger partial charge in [0.15, 0.2) is 0 Å². The van der Waals surface area contributed by atoms with Gasteiger partial charge in [0.25, 0.3) is 0 Å². The second kappa shape index (κ2) is 9.55. The number of rotatable bonds is 5. The number of aryl methyl sites for hydroxylation is 1. The number of esters is 1. The van der Waals surface area contributed by atoms with E-state index in [1.807, 2.05) is 45.6 Å². The summed E-state index contributed by atoms with van der Waals surface area (Å²) in [6.45, 7) is 13.1. The zero-order valence-corrected chi connectivity index (χ0v) is 19.7. The van der Waals surface area contributed by atoms with Crippen LogP contribution in [0.5, 0.6) is 0 Å². The van der Waals surface area contributed by atoms with Crippen LogP contribution in [0.2, 0.25) is 0 Å². The molecule has 172 valence electrons. The number of carbonyl (C=O) groups excluding carboxylic acids is 2. The van der Waals surface area contributed by atoms with Crippen molar-refractivity contribution in [2.45, 2.75) is 84.4 Å². The zero-order chi connectivity index (χ0) is 22.6. The molecular formula is C24H37N3O4. The highest BCUT2D eigenvalue weighted by molar-refractivity contribution is 5.72. The first kappa shape index (κ1) is 23.5. The lowest BCUT2D eigenvalue weighted by Gasteiger charge is -2.45. The normalized spacial score (nSPS) is 18.9. The van der Waals surface area contributed by atoms with Gasteiger partial charge >= 0.3 is 12.1 Å². The lowest BCUT2D eigenvalue weighted by Crippen LogP contribution is -2.53. The number of ether oxygens (including phenoxy) is 2. The maximum Gasteiger partial charge on any atom is 0.410 e. The molecule has 3 heterocycles. The summed E-state index contributed by atoms with van der Waals surface area (Å²) in [6, 6.07) is 4.11.